The Labute approximate surface area is 129 Å². The molecule has 0 aliphatic heterocycles. The lowest BCUT2D eigenvalue weighted by Gasteiger charge is -2.29. The molecule has 0 spiro atoms. The van der Waals surface area contributed by atoms with Crippen molar-refractivity contribution in [3.05, 3.63) is 29.6 Å². The van der Waals surface area contributed by atoms with Gasteiger partial charge in [-0.25, -0.2) is 22.7 Å². The fourth-order valence-electron chi connectivity index (χ4n) is 1.81. The van der Waals surface area contributed by atoms with Crippen LogP contribution >= 0.6 is 0 Å². The second kappa shape index (κ2) is 5.85. The summed E-state index contributed by atoms with van der Waals surface area (Å²) in [5.41, 5.74) is -1.66. The Morgan fingerprint density at radius 3 is 2.18 bits per heavy atom. The number of primary sulfonamides is 1. The molecule has 0 saturated carbocycles. The molecule has 0 aromatic heterocycles. The van der Waals surface area contributed by atoms with E-state index in [2.05, 4.69) is 5.32 Å². The Hall–Kier alpha value is -1.67. The Morgan fingerprint density at radius 1 is 1.23 bits per heavy atom. The molecule has 1 amide bonds. The SMILES string of the molecule is CC(C)(C)OC(=O)NC(C)(C)c1ccc(S(N)(=O)=O)cc1F. The zero-order chi connectivity index (χ0) is 17.3. The van der Waals surface area contributed by atoms with Crippen LogP contribution < -0.4 is 10.5 Å². The van der Waals surface area contributed by atoms with Crippen LogP contribution in [0.25, 0.3) is 0 Å². The quantitative estimate of drug-likeness (QED) is 0.886. The number of ether oxygens (including phenoxy) is 1. The number of alkyl carbamates (subject to hydrolysis) is 1. The van der Waals surface area contributed by atoms with E-state index >= 15 is 0 Å². The van der Waals surface area contributed by atoms with Gasteiger partial charge in [0.25, 0.3) is 0 Å². The Kier molecular flexibility index (Phi) is 4.88. The minimum Gasteiger partial charge on any atom is -0.444 e. The van der Waals surface area contributed by atoms with Crippen molar-refractivity contribution in [1.82, 2.24) is 5.32 Å². The zero-order valence-electron chi connectivity index (χ0n) is 13.2. The highest BCUT2D eigenvalue weighted by Crippen LogP contribution is 2.25. The molecule has 3 N–H and O–H groups in total. The number of sulfonamides is 1. The third-order valence-electron chi connectivity index (χ3n) is 2.76. The van der Waals surface area contributed by atoms with Gasteiger partial charge in [-0.1, -0.05) is 6.07 Å². The molecule has 0 saturated heterocycles. The third-order valence-corrected chi connectivity index (χ3v) is 3.67. The number of hydrogen-bond donors (Lipinski definition) is 2. The van der Waals surface area contributed by atoms with Gasteiger partial charge >= 0.3 is 6.09 Å². The molecule has 6 nitrogen and oxygen atoms in total. The Balaban J connectivity index is 3.06. The van der Waals surface area contributed by atoms with Gasteiger partial charge < -0.3 is 10.1 Å². The van der Waals surface area contributed by atoms with Gasteiger partial charge in [0, 0.05) is 5.56 Å². The summed E-state index contributed by atoms with van der Waals surface area (Å²) in [6, 6.07) is 3.28. The van der Waals surface area contributed by atoms with Crippen molar-refractivity contribution in [1.29, 1.82) is 0 Å². The van der Waals surface area contributed by atoms with Crippen molar-refractivity contribution < 1.29 is 22.3 Å². The van der Waals surface area contributed by atoms with Gasteiger partial charge in [0.1, 0.15) is 11.4 Å². The first-order valence-corrected chi connectivity index (χ1v) is 8.11. The van der Waals surface area contributed by atoms with Crippen LogP contribution in [-0.4, -0.2) is 20.1 Å². The molecule has 0 fully saturated rings. The van der Waals surface area contributed by atoms with Crippen LogP contribution in [0.1, 0.15) is 40.2 Å². The van der Waals surface area contributed by atoms with E-state index in [0.717, 1.165) is 6.07 Å². The molecule has 1 aromatic rings. The maximum Gasteiger partial charge on any atom is 0.408 e. The fraction of sp³-hybridized carbons (Fsp3) is 0.500. The van der Waals surface area contributed by atoms with Crippen molar-refractivity contribution >= 4 is 16.1 Å². The second-order valence-corrected chi connectivity index (χ2v) is 8.00. The molecule has 8 heteroatoms. The molecule has 22 heavy (non-hydrogen) atoms. The summed E-state index contributed by atoms with van der Waals surface area (Å²) in [6.45, 7) is 8.28. The van der Waals surface area contributed by atoms with E-state index in [1.165, 1.54) is 12.1 Å². The summed E-state index contributed by atoms with van der Waals surface area (Å²) in [7, 11) is -3.99. The lowest BCUT2D eigenvalue weighted by Crippen LogP contribution is -2.44. The Morgan fingerprint density at radius 2 is 1.77 bits per heavy atom. The molecular weight excluding hydrogens is 311 g/mol. The maximum atomic E-state index is 14.2. The van der Waals surface area contributed by atoms with Crippen LogP contribution in [0.4, 0.5) is 9.18 Å². The van der Waals surface area contributed by atoms with Crippen molar-refractivity contribution in [2.45, 2.75) is 50.7 Å². The van der Waals surface area contributed by atoms with Gasteiger partial charge in [-0.15, -0.1) is 0 Å². The minimum atomic E-state index is -3.99. The topological polar surface area (TPSA) is 98.5 Å². The standard InChI is InChI=1S/C14H21FN2O4S/c1-13(2,3)21-12(18)17-14(4,5)10-7-6-9(8-11(10)15)22(16,19)20/h6-8H,1-5H3,(H,17,18)(H2,16,19,20). The molecule has 0 bridgehead atoms. The molecule has 0 atom stereocenters. The normalized spacial score (nSPS) is 12.9. The van der Waals surface area contributed by atoms with Crippen molar-refractivity contribution in [3.63, 3.8) is 0 Å². The van der Waals surface area contributed by atoms with E-state index in [-0.39, 0.29) is 10.5 Å². The van der Waals surface area contributed by atoms with Gasteiger partial charge in [-0.3, -0.25) is 0 Å². The summed E-state index contributed by atoms with van der Waals surface area (Å²) in [5, 5.41) is 7.50. The molecule has 0 aliphatic rings. The Bertz CT molecular complexity index is 679. The average Bonchev–Trinajstić information content (AvgIpc) is 2.23. The summed E-state index contributed by atoms with van der Waals surface area (Å²) in [5.74, 6) is -0.785. The summed E-state index contributed by atoms with van der Waals surface area (Å²) in [4.78, 5) is 11.5. The predicted octanol–water partition coefficient (Wildman–Crippen LogP) is 2.23. The molecule has 124 valence electrons. The molecule has 0 radical (unpaired) electrons. The van der Waals surface area contributed by atoms with Crippen LogP contribution in [0.2, 0.25) is 0 Å². The highest BCUT2D eigenvalue weighted by atomic mass is 32.2. The van der Waals surface area contributed by atoms with E-state index in [1.54, 1.807) is 34.6 Å². The first kappa shape index (κ1) is 18.4. The third kappa shape index (κ3) is 4.96. The van der Waals surface area contributed by atoms with Crippen LogP contribution in [0.15, 0.2) is 23.1 Å². The van der Waals surface area contributed by atoms with E-state index in [0.29, 0.717) is 0 Å². The molecule has 1 rings (SSSR count). The first-order chi connectivity index (χ1) is 9.72. The van der Waals surface area contributed by atoms with Crippen molar-refractivity contribution in [2.24, 2.45) is 5.14 Å². The number of carbonyl (C=O) groups excluding carboxylic acids is 1. The number of amides is 1. The van der Waals surface area contributed by atoms with E-state index in [9.17, 15) is 17.6 Å². The number of hydrogen-bond acceptors (Lipinski definition) is 4. The number of rotatable bonds is 3. The van der Waals surface area contributed by atoms with Crippen LogP contribution in [0.5, 0.6) is 0 Å². The highest BCUT2D eigenvalue weighted by molar-refractivity contribution is 7.89. The van der Waals surface area contributed by atoms with Crippen molar-refractivity contribution in [3.8, 4) is 0 Å². The van der Waals surface area contributed by atoms with Crippen LogP contribution in [0, 0.1) is 5.82 Å². The van der Waals surface area contributed by atoms with Gasteiger partial charge in [-0.2, -0.15) is 0 Å². The summed E-state index contributed by atoms with van der Waals surface area (Å²) < 4.78 is 41.7. The van der Waals surface area contributed by atoms with Crippen molar-refractivity contribution in [2.75, 3.05) is 0 Å². The summed E-state index contributed by atoms with van der Waals surface area (Å²) in [6.07, 6.45) is -0.701. The molecular formula is C14H21FN2O4S. The predicted molar refractivity (Wildman–Crippen MR) is 80.2 cm³/mol. The smallest absolute Gasteiger partial charge is 0.408 e. The second-order valence-electron chi connectivity index (χ2n) is 6.44. The van der Waals surface area contributed by atoms with Crippen LogP contribution in [-0.2, 0) is 20.3 Å². The van der Waals surface area contributed by atoms with E-state index in [4.69, 9.17) is 9.88 Å². The van der Waals surface area contributed by atoms with E-state index < -0.39 is 33.1 Å². The highest BCUT2D eigenvalue weighted by Gasteiger charge is 2.29. The average molecular weight is 332 g/mol. The number of benzene rings is 1. The molecule has 0 aliphatic carbocycles. The maximum absolute atomic E-state index is 14.2. The lowest BCUT2D eigenvalue weighted by molar-refractivity contribution is 0.0469. The number of halogens is 1. The molecule has 0 heterocycles. The summed E-state index contributed by atoms with van der Waals surface area (Å²) >= 11 is 0. The number of nitrogens with two attached hydrogens (primary N) is 1. The van der Waals surface area contributed by atoms with Gasteiger partial charge in [-0.05, 0) is 46.8 Å². The fourth-order valence-corrected chi connectivity index (χ4v) is 2.33. The molecule has 0 unspecified atom stereocenters. The largest absolute Gasteiger partial charge is 0.444 e. The molecule has 1 aromatic carbocycles. The first-order valence-electron chi connectivity index (χ1n) is 6.56. The van der Waals surface area contributed by atoms with Gasteiger partial charge in [0.2, 0.25) is 10.0 Å². The van der Waals surface area contributed by atoms with Crippen LogP contribution in [0.3, 0.4) is 0 Å². The van der Waals surface area contributed by atoms with Gasteiger partial charge in [0.05, 0.1) is 10.4 Å². The van der Waals surface area contributed by atoms with Gasteiger partial charge in [0.15, 0.2) is 0 Å². The zero-order valence-corrected chi connectivity index (χ0v) is 14.0. The monoisotopic (exact) mass is 332 g/mol. The number of nitrogens with one attached hydrogen (secondary N) is 1. The number of carbonyl (C=O) groups is 1. The lowest BCUT2D eigenvalue weighted by atomic mass is 9.94. The van der Waals surface area contributed by atoms with E-state index in [1.807, 2.05) is 0 Å². The minimum absolute atomic E-state index is 0.116.